The van der Waals surface area contributed by atoms with Crippen LogP contribution in [0, 0.1) is 9.49 Å². The maximum atomic E-state index is 12.4. The van der Waals surface area contributed by atoms with Crippen molar-refractivity contribution in [3.05, 3.63) is 27.5 Å². The van der Waals surface area contributed by atoms with Gasteiger partial charge in [-0.15, -0.1) is 0 Å². The Kier molecular flexibility index (Phi) is 7.22. The number of benzene rings is 1. The second-order valence-electron chi connectivity index (χ2n) is 7.82. The molecule has 2 amide bonds. The van der Waals surface area contributed by atoms with Crippen molar-refractivity contribution in [3.8, 4) is 17.2 Å². The number of piperidine rings is 1. The van der Waals surface area contributed by atoms with Gasteiger partial charge in [-0.05, 0) is 59.4 Å². The van der Waals surface area contributed by atoms with Crippen LogP contribution in [0.4, 0.5) is 16.6 Å². The number of nitrogen functional groups attached to an aromatic ring is 1. The number of hydrogen-bond acceptors (Lipinski definition) is 6. The highest BCUT2D eigenvalue weighted by molar-refractivity contribution is 14.1. The van der Waals surface area contributed by atoms with Crippen LogP contribution in [0.1, 0.15) is 45.1 Å². The number of anilines is 2. The lowest BCUT2D eigenvalue weighted by molar-refractivity contribution is 0.186. The number of nitrogens with one attached hydrogen (secondary N) is 1. The summed E-state index contributed by atoms with van der Waals surface area (Å²) in [5.74, 6) is 2.99. The molecule has 1 saturated heterocycles. The maximum absolute atomic E-state index is 12.4. The molecule has 0 saturated carbocycles. The summed E-state index contributed by atoms with van der Waals surface area (Å²) >= 11 is 2.20. The second-order valence-corrected chi connectivity index (χ2v) is 8.99. The fraction of sp³-hybridized carbons (Fsp3) is 0.476. The van der Waals surface area contributed by atoms with Gasteiger partial charge in [-0.3, -0.25) is 5.32 Å². The first-order chi connectivity index (χ1) is 14.3. The second kappa shape index (κ2) is 9.67. The molecule has 0 spiro atoms. The number of methoxy groups -OCH3 is 1. The summed E-state index contributed by atoms with van der Waals surface area (Å²) in [6, 6.07) is 3.66. The largest absolute Gasteiger partial charge is 0.496 e. The number of ether oxygens (including phenoxy) is 2. The molecular formula is C21H28IN5O3. The van der Waals surface area contributed by atoms with E-state index >= 15 is 0 Å². The minimum Gasteiger partial charge on any atom is -0.496 e. The summed E-state index contributed by atoms with van der Waals surface area (Å²) in [6.07, 6.45) is 3.49. The molecule has 162 valence electrons. The van der Waals surface area contributed by atoms with E-state index in [9.17, 15) is 4.79 Å². The number of carbonyl (C=O) groups is 1. The molecule has 2 aromatic rings. The van der Waals surface area contributed by atoms with Crippen molar-refractivity contribution in [1.82, 2.24) is 14.9 Å². The number of nitrogens with zero attached hydrogens (tertiary/aromatic N) is 3. The Morgan fingerprint density at radius 1 is 1.27 bits per heavy atom. The SMILES string of the molecule is COc1cc(C(C)C)c(Oc2cnc(NC(=O)N3CCC(C)CC3)nc2N)cc1I. The van der Waals surface area contributed by atoms with Crippen LogP contribution in [0.25, 0.3) is 0 Å². The standard InChI is InChI=1S/C21H28IN5O3/c1-12(2)14-9-17(29-4)15(22)10-16(14)30-18-11-24-20(25-19(18)23)26-21(28)27-7-5-13(3)6-8-27/h9-13H,5-8H2,1-4H3,(H3,23,24,25,26,28). The molecule has 0 unspecified atom stereocenters. The molecule has 9 heteroatoms. The first-order valence-corrected chi connectivity index (χ1v) is 11.1. The van der Waals surface area contributed by atoms with Crippen molar-refractivity contribution in [1.29, 1.82) is 0 Å². The van der Waals surface area contributed by atoms with E-state index in [2.05, 4.69) is 58.6 Å². The lowest BCUT2D eigenvalue weighted by Crippen LogP contribution is -2.40. The molecule has 8 nitrogen and oxygen atoms in total. The maximum Gasteiger partial charge on any atom is 0.324 e. The molecule has 3 N–H and O–H groups in total. The highest BCUT2D eigenvalue weighted by Gasteiger charge is 2.21. The summed E-state index contributed by atoms with van der Waals surface area (Å²) in [5, 5.41) is 2.72. The van der Waals surface area contributed by atoms with Crippen LogP contribution >= 0.6 is 22.6 Å². The average Bonchev–Trinajstić information content (AvgIpc) is 2.70. The highest BCUT2D eigenvalue weighted by atomic mass is 127. The van der Waals surface area contributed by atoms with E-state index in [1.54, 1.807) is 12.0 Å². The summed E-state index contributed by atoms with van der Waals surface area (Å²) in [4.78, 5) is 22.6. The molecule has 0 radical (unpaired) electrons. The topological polar surface area (TPSA) is 103 Å². The molecule has 0 bridgehead atoms. The number of urea groups is 1. The predicted octanol–water partition coefficient (Wildman–Crippen LogP) is 4.85. The van der Waals surface area contributed by atoms with Gasteiger partial charge in [-0.1, -0.05) is 20.8 Å². The van der Waals surface area contributed by atoms with Gasteiger partial charge < -0.3 is 20.1 Å². The van der Waals surface area contributed by atoms with Crippen LogP contribution in [-0.4, -0.2) is 41.1 Å². The Hall–Kier alpha value is -2.30. The summed E-state index contributed by atoms with van der Waals surface area (Å²) in [6.45, 7) is 7.82. The van der Waals surface area contributed by atoms with E-state index in [0.717, 1.165) is 40.8 Å². The van der Waals surface area contributed by atoms with Gasteiger partial charge in [-0.25, -0.2) is 9.78 Å². The van der Waals surface area contributed by atoms with Crippen LogP contribution in [0.15, 0.2) is 18.3 Å². The smallest absolute Gasteiger partial charge is 0.324 e. The third-order valence-corrected chi connectivity index (χ3v) is 6.04. The zero-order valence-corrected chi connectivity index (χ0v) is 19.9. The third-order valence-electron chi connectivity index (χ3n) is 5.20. The van der Waals surface area contributed by atoms with Crippen molar-refractivity contribution in [3.63, 3.8) is 0 Å². The lowest BCUT2D eigenvalue weighted by Gasteiger charge is -2.29. The van der Waals surface area contributed by atoms with Gasteiger partial charge >= 0.3 is 6.03 Å². The zero-order valence-electron chi connectivity index (χ0n) is 17.7. The first-order valence-electron chi connectivity index (χ1n) is 10.0. The van der Waals surface area contributed by atoms with Crippen molar-refractivity contribution >= 4 is 40.4 Å². The van der Waals surface area contributed by atoms with Gasteiger partial charge in [0.05, 0.1) is 16.9 Å². The molecule has 1 fully saturated rings. The molecule has 1 aromatic carbocycles. The van der Waals surface area contributed by atoms with Gasteiger partial charge in [0, 0.05) is 18.7 Å². The van der Waals surface area contributed by atoms with E-state index in [0.29, 0.717) is 17.4 Å². The van der Waals surface area contributed by atoms with Crippen molar-refractivity contribution in [2.24, 2.45) is 5.92 Å². The monoisotopic (exact) mass is 525 g/mol. The van der Waals surface area contributed by atoms with Gasteiger partial charge in [0.2, 0.25) is 5.95 Å². The Morgan fingerprint density at radius 3 is 2.57 bits per heavy atom. The molecule has 3 rings (SSSR count). The van der Waals surface area contributed by atoms with E-state index < -0.39 is 0 Å². The van der Waals surface area contributed by atoms with Crippen LogP contribution in [-0.2, 0) is 0 Å². The lowest BCUT2D eigenvalue weighted by atomic mass is 10.00. The van der Waals surface area contributed by atoms with Crippen LogP contribution < -0.4 is 20.5 Å². The molecule has 2 heterocycles. The Morgan fingerprint density at radius 2 is 1.97 bits per heavy atom. The molecule has 0 atom stereocenters. The van der Waals surface area contributed by atoms with Gasteiger partial charge in [0.1, 0.15) is 11.5 Å². The van der Waals surface area contributed by atoms with Crippen LogP contribution in [0.2, 0.25) is 0 Å². The van der Waals surface area contributed by atoms with Crippen molar-refractivity contribution in [2.45, 2.75) is 39.5 Å². The summed E-state index contributed by atoms with van der Waals surface area (Å²) in [7, 11) is 1.64. The van der Waals surface area contributed by atoms with Gasteiger partial charge in [-0.2, -0.15) is 4.98 Å². The molecular weight excluding hydrogens is 497 g/mol. The third kappa shape index (κ3) is 5.24. The van der Waals surface area contributed by atoms with Crippen molar-refractivity contribution < 1.29 is 14.3 Å². The number of likely N-dealkylation sites (tertiary alicyclic amines) is 1. The predicted molar refractivity (Wildman–Crippen MR) is 125 cm³/mol. The number of aromatic nitrogens is 2. The zero-order chi connectivity index (χ0) is 21.8. The minimum absolute atomic E-state index is 0.160. The van der Waals surface area contributed by atoms with E-state index in [1.165, 1.54) is 6.20 Å². The van der Waals surface area contributed by atoms with Crippen molar-refractivity contribution in [2.75, 3.05) is 31.2 Å². The van der Waals surface area contributed by atoms with Crippen LogP contribution in [0.5, 0.6) is 17.2 Å². The number of amides is 2. The normalized spacial score (nSPS) is 14.7. The minimum atomic E-state index is -0.207. The van der Waals surface area contributed by atoms with Gasteiger partial charge in [0.25, 0.3) is 0 Å². The van der Waals surface area contributed by atoms with Gasteiger partial charge in [0.15, 0.2) is 11.6 Å². The van der Waals surface area contributed by atoms with E-state index in [-0.39, 0.29) is 23.7 Å². The molecule has 1 aliphatic rings. The molecule has 0 aliphatic carbocycles. The number of halogens is 1. The van der Waals surface area contributed by atoms with E-state index in [4.69, 9.17) is 15.2 Å². The fourth-order valence-corrected chi connectivity index (χ4v) is 3.93. The summed E-state index contributed by atoms with van der Waals surface area (Å²) < 4.78 is 12.4. The molecule has 1 aliphatic heterocycles. The summed E-state index contributed by atoms with van der Waals surface area (Å²) in [5.41, 5.74) is 7.08. The Balaban J connectivity index is 1.75. The number of hydrogen-bond donors (Lipinski definition) is 2. The number of rotatable bonds is 5. The first kappa shape index (κ1) is 22.4. The number of carbonyl (C=O) groups excluding carboxylic acids is 1. The quantitative estimate of drug-likeness (QED) is 0.542. The van der Waals surface area contributed by atoms with E-state index in [1.807, 2.05) is 12.1 Å². The highest BCUT2D eigenvalue weighted by Crippen LogP contribution is 2.37. The Bertz CT molecular complexity index is 914. The fourth-order valence-electron chi connectivity index (χ4n) is 3.27. The number of nitrogens with two attached hydrogens (primary N) is 1. The molecule has 30 heavy (non-hydrogen) atoms. The van der Waals surface area contributed by atoms with Crippen LogP contribution in [0.3, 0.4) is 0 Å². The average molecular weight is 525 g/mol. The Labute approximate surface area is 190 Å². The molecule has 1 aromatic heterocycles.